The Balaban J connectivity index is 5.25. The van der Waals surface area contributed by atoms with Crippen LogP contribution in [0.5, 0.6) is 0 Å². The molecule has 0 aliphatic carbocycles. The van der Waals surface area contributed by atoms with Crippen LogP contribution in [0.1, 0.15) is 364 Å². The lowest BCUT2D eigenvalue weighted by molar-refractivity contribution is -0.161. The van der Waals surface area contributed by atoms with Crippen molar-refractivity contribution in [3.63, 3.8) is 0 Å². The van der Waals surface area contributed by atoms with E-state index in [0.717, 1.165) is 114 Å². The molecule has 5 unspecified atom stereocenters. The first-order valence-electron chi connectivity index (χ1n) is 37.8. The maximum atomic E-state index is 13.1. The van der Waals surface area contributed by atoms with Crippen LogP contribution in [0.2, 0.25) is 0 Å². The normalized spacial score (nSPS) is 14.8. The van der Waals surface area contributed by atoms with Gasteiger partial charge in [0, 0.05) is 25.7 Å². The van der Waals surface area contributed by atoms with Crippen LogP contribution in [0.3, 0.4) is 0 Å². The maximum absolute atomic E-state index is 13.1. The molecule has 0 aliphatic heterocycles. The SMILES string of the molecule is CCC(C)CCCCCCCCCCCCCCCCC(=O)O[C@H](COC(=O)CCCCCCCCCCC(C)CC)COP(=O)(O)OCC(O)COP(=O)(O)OC[C@@H](COC(=O)CCCCCCCCCCC(C)C)OC(=O)CCCCCCCCCCC(C)C. The molecule has 7 atom stereocenters. The van der Waals surface area contributed by atoms with E-state index >= 15 is 0 Å². The Bertz CT molecular complexity index is 1820. The molecule has 546 valence electrons. The number of phosphoric acid groups is 2. The van der Waals surface area contributed by atoms with E-state index in [0.29, 0.717) is 25.7 Å². The van der Waals surface area contributed by atoms with Crippen molar-refractivity contribution in [2.45, 2.75) is 382 Å². The number of ether oxygens (including phenoxy) is 4. The van der Waals surface area contributed by atoms with E-state index in [1.54, 1.807) is 0 Å². The van der Waals surface area contributed by atoms with Gasteiger partial charge in [0.2, 0.25) is 0 Å². The highest BCUT2D eigenvalue weighted by Gasteiger charge is 2.30. The van der Waals surface area contributed by atoms with Crippen molar-refractivity contribution < 1.29 is 80.2 Å². The molecule has 0 aromatic rings. The van der Waals surface area contributed by atoms with Crippen molar-refractivity contribution >= 4 is 39.5 Å². The standard InChI is InChI=1S/C73H142O17P2/c1-9-65(7)51-43-35-27-17-15-13-11-12-14-16-18-31-39-47-55-72(77)89-68(59-84-71(76)54-46-38-30-24-21-28-36-44-52-66(8)10-2)61-87-91(79,80)85-57-67(74)58-86-92(81,82)88-62-69(90-73(78)56-48-40-32-23-20-26-34-42-50-64(5)6)60-83-70(75)53-45-37-29-22-19-25-33-41-49-63(3)4/h63-69,74H,9-62H2,1-8H3,(H,79,80)(H,81,82)/t65?,66?,67?,68-,69-/m1/s1. The predicted octanol–water partition coefficient (Wildman–Crippen LogP) is 20.9. The maximum Gasteiger partial charge on any atom is 0.472 e. The summed E-state index contributed by atoms with van der Waals surface area (Å²) >= 11 is 0. The van der Waals surface area contributed by atoms with Crippen molar-refractivity contribution in [1.82, 2.24) is 0 Å². The minimum atomic E-state index is -4.96. The second kappa shape index (κ2) is 62.6. The number of hydrogen-bond acceptors (Lipinski definition) is 15. The largest absolute Gasteiger partial charge is 0.472 e. The molecular formula is C73H142O17P2. The molecule has 0 aliphatic rings. The Morgan fingerprint density at radius 1 is 0.304 bits per heavy atom. The Morgan fingerprint density at radius 3 is 0.772 bits per heavy atom. The van der Waals surface area contributed by atoms with Gasteiger partial charge in [-0.15, -0.1) is 0 Å². The van der Waals surface area contributed by atoms with Crippen molar-refractivity contribution in [3.05, 3.63) is 0 Å². The van der Waals surface area contributed by atoms with E-state index in [1.165, 1.54) is 167 Å². The molecule has 19 heteroatoms. The number of rotatable bonds is 70. The Kier molecular flexibility index (Phi) is 61.3. The molecule has 0 aromatic carbocycles. The molecule has 0 saturated carbocycles. The number of esters is 4. The molecule has 0 bridgehead atoms. The van der Waals surface area contributed by atoms with Gasteiger partial charge in [0.1, 0.15) is 19.3 Å². The Hall–Kier alpha value is -1.94. The average molecular weight is 1350 g/mol. The van der Waals surface area contributed by atoms with Crippen LogP contribution in [-0.2, 0) is 65.4 Å². The molecule has 0 fully saturated rings. The topological polar surface area (TPSA) is 237 Å². The average Bonchev–Trinajstić information content (AvgIpc) is 2.78. The van der Waals surface area contributed by atoms with Gasteiger partial charge in [-0.2, -0.15) is 0 Å². The van der Waals surface area contributed by atoms with E-state index < -0.39 is 97.5 Å². The van der Waals surface area contributed by atoms with Crippen LogP contribution in [0.15, 0.2) is 0 Å². The molecule has 3 N–H and O–H groups in total. The van der Waals surface area contributed by atoms with Gasteiger partial charge < -0.3 is 33.8 Å². The molecule has 0 radical (unpaired) electrons. The molecule has 0 aromatic heterocycles. The molecular weight excluding hydrogens is 1210 g/mol. The van der Waals surface area contributed by atoms with E-state index in [9.17, 15) is 43.2 Å². The lowest BCUT2D eigenvalue weighted by Crippen LogP contribution is -2.30. The fourth-order valence-electron chi connectivity index (χ4n) is 11.0. The minimum Gasteiger partial charge on any atom is -0.462 e. The van der Waals surface area contributed by atoms with Gasteiger partial charge in [-0.1, -0.05) is 312 Å². The number of aliphatic hydroxyl groups is 1. The van der Waals surface area contributed by atoms with E-state index in [2.05, 4.69) is 55.4 Å². The molecule has 0 amide bonds. The zero-order valence-electron chi connectivity index (χ0n) is 60.2. The second-order valence-electron chi connectivity index (χ2n) is 27.8. The summed E-state index contributed by atoms with van der Waals surface area (Å²) in [5, 5.41) is 10.6. The summed E-state index contributed by atoms with van der Waals surface area (Å²) in [4.78, 5) is 72.7. The van der Waals surface area contributed by atoms with Crippen LogP contribution in [0, 0.1) is 23.7 Å². The quantitative estimate of drug-likeness (QED) is 0.0222. The molecule has 0 rings (SSSR count). The van der Waals surface area contributed by atoms with Gasteiger partial charge in [-0.05, 0) is 49.4 Å². The van der Waals surface area contributed by atoms with Crippen LogP contribution >= 0.6 is 15.6 Å². The molecule has 0 saturated heterocycles. The lowest BCUT2D eigenvalue weighted by atomic mass is 9.99. The third-order valence-electron chi connectivity index (χ3n) is 17.5. The van der Waals surface area contributed by atoms with Gasteiger partial charge in [-0.3, -0.25) is 37.3 Å². The first-order valence-corrected chi connectivity index (χ1v) is 40.8. The fraction of sp³-hybridized carbons (Fsp3) is 0.945. The minimum absolute atomic E-state index is 0.103. The van der Waals surface area contributed by atoms with Crippen molar-refractivity contribution in [3.8, 4) is 0 Å². The van der Waals surface area contributed by atoms with Gasteiger partial charge >= 0.3 is 39.5 Å². The summed E-state index contributed by atoms with van der Waals surface area (Å²) in [7, 11) is -9.91. The Labute approximate surface area is 562 Å². The van der Waals surface area contributed by atoms with E-state index in [-0.39, 0.29) is 25.7 Å². The van der Waals surface area contributed by atoms with E-state index in [1.807, 2.05) is 0 Å². The van der Waals surface area contributed by atoms with Gasteiger partial charge in [-0.25, -0.2) is 9.13 Å². The number of hydrogen-bond donors (Lipinski definition) is 3. The van der Waals surface area contributed by atoms with Crippen LogP contribution < -0.4 is 0 Å². The zero-order valence-corrected chi connectivity index (χ0v) is 62.0. The molecule has 0 spiro atoms. The third-order valence-corrected chi connectivity index (χ3v) is 19.4. The highest BCUT2D eigenvalue weighted by molar-refractivity contribution is 7.47. The summed E-state index contributed by atoms with van der Waals surface area (Å²) in [5.74, 6) is 0.941. The van der Waals surface area contributed by atoms with Gasteiger partial charge in [0.25, 0.3) is 0 Å². The number of phosphoric ester groups is 2. The van der Waals surface area contributed by atoms with Crippen LogP contribution in [0.4, 0.5) is 0 Å². The highest BCUT2D eigenvalue weighted by atomic mass is 31.2. The number of aliphatic hydroxyl groups excluding tert-OH is 1. The predicted molar refractivity (Wildman–Crippen MR) is 372 cm³/mol. The Morgan fingerprint density at radius 2 is 0.522 bits per heavy atom. The first kappa shape index (κ1) is 90.1. The summed E-state index contributed by atoms with van der Waals surface area (Å²) in [6, 6.07) is 0. The lowest BCUT2D eigenvalue weighted by Gasteiger charge is -2.21. The summed E-state index contributed by atoms with van der Waals surface area (Å²) in [5.41, 5.74) is 0. The second-order valence-corrected chi connectivity index (χ2v) is 30.7. The summed E-state index contributed by atoms with van der Waals surface area (Å²) in [6.45, 7) is 14.2. The molecule has 17 nitrogen and oxygen atoms in total. The fourth-order valence-corrected chi connectivity index (χ4v) is 12.5. The molecule has 92 heavy (non-hydrogen) atoms. The van der Waals surface area contributed by atoms with Crippen molar-refractivity contribution in [2.75, 3.05) is 39.6 Å². The highest BCUT2D eigenvalue weighted by Crippen LogP contribution is 2.45. The summed E-state index contributed by atoms with van der Waals surface area (Å²) in [6.07, 6.45) is 45.8. The van der Waals surface area contributed by atoms with Crippen molar-refractivity contribution in [2.24, 2.45) is 23.7 Å². The van der Waals surface area contributed by atoms with Crippen LogP contribution in [0.25, 0.3) is 0 Å². The van der Waals surface area contributed by atoms with E-state index in [4.69, 9.17) is 37.0 Å². The van der Waals surface area contributed by atoms with Gasteiger partial charge in [0.15, 0.2) is 12.2 Å². The number of carbonyl (C=O) groups excluding carboxylic acids is 4. The first-order chi connectivity index (χ1) is 44.2. The third kappa shape index (κ3) is 64.1. The summed E-state index contributed by atoms with van der Waals surface area (Å²) < 4.78 is 68.4. The number of carbonyl (C=O) groups is 4. The number of unbranched alkanes of at least 4 members (excludes halogenated alkanes) is 34. The molecule has 0 heterocycles. The zero-order chi connectivity index (χ0) is 68.2. The van der Waals surface area contributed by atoms with Gasteiger partial charge in [0.05, 0.1) is 26.4 Å². The smallest absolute Gasteiger partial charge is 0.462 e. The van der Waals surface area contributed by atoms with Crippen LogP contribution in [-0.4, -0.2) is 96.7 Å². The van der Waals surface area contributed by atoms with Crippen molar-refractivity contribution in [1.29, 1.82) is 0 Å². The monoisotopic (exact) mass is 1350 g/mol.